The molecule has 1 aliphatic carbocycles. The lowest BCUT2D eigenvalue weighted by Crippen LogP contribution is -2.42. The fourth-order valence-electron chi connectivity index (χ4n) is 2.50. The van der Waals surface area contributed by atoms with Gasteiger partial charge in [-0.2, -0.15) is 5.26 Å². The first-order valence-corrected chi connectivity index (χ1v) is 6.83. The Labute approximate surface area is 110 Å². The number of nitrogens with one attached hydrogen (secondary N) is 1. The average Bonchev–Trinajstić information content (AvgIpc) is 2.62. The summed E-state index contributed by atoms with van der Waals surface area (Å²) in [6, 6.07) is 2.27. The van der Waals surface area contributed by atoms with Crippen molar-refractivity contribution in [3.63, 3.8) is 0 Å². The molecule has 1 rings (SSSR count). The molecular formula is C14H24N2O2. The van der Waals surface area contributed by atoms with Crippen molar-refractivity contribution >= 4 is 5.91 Å². The second-order valence-corrected chi connectivity index (χ2v) is 5.38. The van der Waals surface area contributed by atoms with Crippen molar-refractivity contribution in [1.29, 1.82) is 5.26 Å². The second-order valence-electron chi connectivity index (χ2n) is 5.38. The van der Waals surface area contributed by atoms with Crippen LogP contribution in [0, 0.1) is 22.7 Å². The van der Waals surface area contributed by atoms with E-state index >= 15 is 0 Å². The van der Waals surface area contributed by atoms with Crippen LogP contribution in [0.3, 0.4) is 0 Å². The van der Waals surface area contributed by atoms with Crippen LogP contribution in [0.5, 0.6) is 0 Å². The third kappa shape index (κ3) is 3.99. The molecule has 1 unspecified atom stereocenters. The molecule has 0 aromatic heterocycles. The van der Waals surface area contributed by atoms with Gasteiger partial charge in [-0.1, -0.05) is 32.6 Å². The summed E-state index contributed by atoms with van der Waals surface area (Å²) in [5.41, 5.74) is -0.788. The van der Waals surface area contributed by atoms with Gasteiger partial charge in [-0.05, 0) is 18.8 Å². The number of methoxy groups -OCH3 is 1. The predicted octanol–water partition coefficient (Wildman–Crippen LogP) is 2.25. The zero-order valence-corrected chi connectivity index (χ0v) is 11.5. The molecule has 0 heterocycles. The Hall–Kier alpha value is -1.08. The lowest BCUT2D eigenvalue weighted by Gasteiger charge is -2.24. The number of amides is 1. The maximum Gasteiger partial charge on any atom is 0.240 e. The van der Waals surface area contributed by atoms with Crippen molar-refractivity contribution in [2.24, 2.45) is 11.3 Å². The van der Waals surface area contributed by atoms with Crippen molar-refractivity contribution in [3.05, 3.63) is 0 Å². The largest absolute Gasteiger partial charge is 0.384 e. The Morgan fingerprint density at radius 3 is 2.50 bits per heavy atom. The molecule has 0 spiro atoms. The van der Waals surface area contributed by atoms with Crippen LogP contribution in [0.1, 0.15) is 45.4 Å². The molecule has 0 aromatic rings. The minimum Gasteiger partial charge on any atom is -0.384 e. The molecule has 1 fully saturated rings. The number of ether oxygens (including phenoxy) is 1. The average molecular weight is 252 g/mol. The fourth-order valence-corrected chi connectivity index (χ4v) is 2.50. The molecule has 1 saturated carbocycles. The van der Waals surface area contributed by atoms with E-state index in [-0.39, 0.29) is 11.8 Å². The summed E-state index contributed by atoms with van der Waals surface area (Å²) in [5.74, 6) is 0.190. The second kappa shape index (κ2) is 7.38. The first-order valence-electron chi connectivity index (χ1n) is 6.83. The van der Waals surface area contributed by atoms with Crippen LogP contribution in [0.15, 0.2) is 0 Å². The normalized spacial score (nSPS) is 20.5. The van der Waals surface area contributed by atoms with Crippen LogP contribution < -0.4 is 5.32 Å². The number of carbonyl (C=O) groups is 1. The molecule has 0 aliphatic heterocycles. The van der Waals surface area contributed by atoms with Crippen LogP contribution in [0.2, 0.25) is 0 Å². The first kappa shape index (κ1) is 15.0. The molecule has 18 heavy (non-hydrogen) atoms. The minimum atomic E-state index is -0.788. The summed E-state index contributed by atoms with van der Waals surface area (Å²) >= 11 is 0. The van der Waals surface area contributed by atoms with E-state index in [4.69, 9.17) is 4.74 Å². The highest BCUT2D eigenvalue weighted by Gasteiger charge is 2.38. The third-order valence-electron chi connectivity index (χ3n) is 3.67. The van der Waals surface area contributed by atoms with Gasteiger partial charge in [0.15, 0.2) is 0 Å². The van der Waals surface area contributed by atoms with Crippen molar-refractivity contribution in [3.8, 4) is 6.07 Å². The molecule has 4 nitrogen and oxygen atoms in total. The van der Waals surface area contributed by atoms with Crippen LogP contribution in [-0.2, 0) is 9.53 Å². The van der Waals surface area contributed by atoms with E-state index in [9.17, 15) is 10.1 Å². The molecule has 0 bridgehead atoms. The molecule has 4 heteroatoms. The van der Waals surface area contributed by atoms with E-state index in [0.717, 1.165) is 25.7 Å². The number of nitriles is 1. The highest BCUT2D eigenvalue weighted by molar-refractivity contribution is 5.85. The molecule has 1 atom stereocenters. The van der Waals surface area contributed by atoms with Crippen LogP contribution in [0.4, 0.5) is 0 Å². The Bertz CT molecular complexity index is 301. The number of hydrogen-bond acceptors (Lipinski definition) is 3. The van der Waals surface area contributed by atoms with E-state index in [2.05, 4.69) is 11.4 Å². The highest BCUT2D eigenvalue weighted by Crippen LogP contribution is 2.34. The van der Waals surface area contributed by atoms with Crippen molar-refractivity contribution < 1.29 is 9.53 Å². The molecule has 1 N–H and O–H groups in total. The van der Waals surface area contributed by atoms with E-state index in [1.54, 1.807) is 7.11 Å². The van der Waals surface area contributed by atoms with E-state index < -0.39 is 5.41 Å². The maximum atomic E-state index is 12.2. The van der Waals surface area contributed by atoms with Gasteiger partial charge >= 0.3 is 0 Å². The predicted molar refractivity (Wildman–Crippen MR) is 69.8 cm³/mol. The topological polar surface area (TPSA) is 62.1 Å². The zero-order chi connectivity index (χ0) is 13.4. The molecule has 0 aromatic carbocycles. The van der Waals surface area contributed by atoms with Crippen molar-refractivity contribution in [1.82, 2.24) is 5.32 Å². The van der Waals surface area contributed by atoms with Gasteiger partial charge in [0, 0.05) is 13.7 Å². The molecule has 1 amide bonds. The van der Waals surface area contributed by atoms with Gasteiger partial charge in [0.2, 0.25) is 5.91 Å². The van der Waals surface area contributed by atoms with Gasteiger partial charge in [-0.3, -0.25) is 4.79 Å². The van der Waals surface area contributed by atoms with Gasteiger partial charge in [-0.15, -0.1) is 0 Å². The molecule has 1 aliphatic rings. The molecular weight excluding hydrogens is 228 g/mol. The van der Waals surface area contributed by atoms with Crippen LogP contribution >= 0.6 is 0 Å². The molecule has 102 valence electrons. The standard InChI is InChI=1S/C14H24N2O2/c1-12(10-18-2)9-16-13(17)14(11-15)7-5-3-4-6-8-14/h12H,3-10H2,1-2H3,(H,16,17). The lowest BCUT2D eigenvalue weighted by molar-refractivity contribution is -0.129. The number of nitrogens with zero attached hydrogens (tertiary/aromatic N) is 1. The number of hydrogen-bond donors (Lipinski definition) is 1. The Morgan fingerprint density at radius 2 is 2.00 bits per heavy atom. The van der Waals surface area contributed by atoms with Gasteiger partial charge in [0.1, 0.15) is 5.41 Å². The van der Waals surface area contributed by atoms with E-state index in [1.807, 2.05) is 6.92 Å². The quantitative estimate of drug-likeness (QED) is 0.763. The summed E-state index contributed by atoms with van der Waals surface area (Å²) in [6.07, 6.45) is 5.64. The first-order chi connectivity index (χ1) is 8.64. The molecule has 0 radical (unpaired) electrons. The Kier molecular flexibility index (Phi) is 6.14. The summed E-state index contributed by atoms with van der Waals surface area (Å²) in [6.45, 7) is 3.23. The van der Waals surface area contributed by atoms with Gasteiger partial charge in [0.25, 0.3) is 0 Å². The lowest BCUT2D eigenvalue weighted by atomic mass is 9.81. The van der Waals surface area contributed by atoms with Crippen molar-refractivity contribution in [2.45, 2.75) is 45.4 Å². The van der Waals surface area contributed by atoms with Gasteiger partial charge in [-0.25, -0.2) is 0 Å². The van der Waals surface area contributed by atoms with E-state index in [1.165, 1.54) is 0 Å². The Morgan fingerprint density at radius 1 is 1.39 bits per heavy atom. The smallest absolute Gasteiger partial charge is 0.240 e. The number of carbonyl (C=O) groups excluding carboxylic acids is 1. The number of rotatable bonds is 5. The summed E-state index contributed by atoms with van der Waals surface area (Å²) < 4.78 is 5.04. The van der Waals surface area contributed by atoms with Crippen molar-refractivity contribution in [2.75, 3.05) is 20.3 Å². The fraction of sp³-hybridized carbons (Fsp3) is 0.857. The summed E-state index contributed by atoms with van der Waals surface area (Å²) in [7, 11) is 1.65. The zero-order valence-electron chi connectivity index (χ0n) is 11.5. The van der Waals surface area contributed by atoms with Crippen LogP contribution in [-0.4, -0.2) is 26.2 Å². The van der Waals surface area contributed by atoms with E-state index in [0.29, 0.717) is 26.0 Å². The van der Waals surface area contributed by atoms with Gasteiger partial charge in [0.05, 0.1) is 12.7 Å². The highest BCUT2D eigenvalue weighted by atomic mass is 16.5. The summed E-state index contributed by atoms with van der Waals surface area (Å²) in [4.78, 5) is 12.2. The third-order valence-corrected chi connectivity index (χ3v) is 3.67. The summed E-state index contributed by atoms with van der Waals surface area (Å²) in [5, 5.41) is 12.3. The van der Waals surface area contributed by atoms with Crippen LogP contribution in [0.25, 0.3) is 0 Å². The van der Waals surface area contributed by atoms with Gasteiger partial charge < -0.3 is 10.1 Å². The minimum absolute atomic E-state index is 0.0881. The maximum absolute atomic E-state index is 12.2. The monoisotopic (exact) mass is 252 g/mol. The SMILES string of the molecule is COCC(C)CNC(=O)C1(C#N)CCCCCC1. The molecule has 0 saturated heterocycles. The Balaban J connectivity index is 2.53.